The van der Waals surface area contributed by atoms with Crippen LogP contribution in [0.2, 0.25) is 0 Å². The quantitative estimate of drug-likeness (QED) is 0.611. The van der Waals surface area contributed by atoms with Crippen molar-refractivity contribution in [2.75, 3.05) is 19.0 Å². The van der Waals surface area contributed by atoms with Crippen LogP contribution < -0.4 is 14.8 Å². The van der Waals surface area contributed by atoms with Crippen LogP contribution in [0, 0.1) is 6.92 Å². The summed E-state index contributed by atoms with van der Waals surface area (Å²) in [6.07, 6.45) is 0. The summed E-state index contributed by atoms with van der Waals surface area (Å²) in [5.41, 5.74) is 1.81. The first-order chi connectivity index (χ1) is 12.7. The number of aryl methyl sites for hydroxylation is 1. The number of hydrogen-bond donors (Lipinski definition) is 3. The molecule has 0 aliphatic carbocycles. The van der Waals surface area contributed by atoms with Crippen LogP contribution >= 0.6 is 15.9 Å². The number of rotatable bonds is 5. The van der Waals surface area contributed by atoms with Gasteiger partial charge in [-0.25, -0.2) is 9.59 Å². The molecule has 0 fully saturated rings. The summed E-state index contributed by atoms with van der Waals surface area (Å²) < 4.78 is 11.5. The zero-order chi connectivity index (χ0) is 20.4. The highest BCUT2D eigenvalue weighted by molar-refractivity contribution is 9.10. The zero-order valence-corrected chi connectivity index (χ0v) is 16.1. The summed E-state index contributed by atoms with van der Waals surface area (Å²) in [5, 5.41) is 17.6. The van der Waals surface area contributed by atoms with E-state index in [1.165, 1.54) is 0 Å². The molecule has 0 radical (unpaired) electrons. The Morgan fingerprint density at radius 1 is 1.00 bits per heavy atom. The minimum atomic E-state index is -1.82. The van der Waals surface area contributed by atoms with Gasteiger partial charge in [0.1, 0.15) is 11.5 Å². The number of amides is 1. The summed E-state index contributed by atoms with van der Waals surface area (Å²) in [5.74, 6) is -2.48. The number of methoxy groups -OCH3 is 1. The summed E-state index contributed by atoms with van der Waals surface area (Å²) in [4.78, 5) is 30.0. The second-order valence-corrected chi connectivity index (χ2v) is 5.94. The van der Waals surface area contributed by atoms with E-state index in [0.29, 0.717) is 5.75 Å². The number of anilines is 1. The molecule has 0 saturated carbocycles. The monoisotopic (exact) mass is 439 g/mol. The van der Waals surface area contributed by atoms with E-state index in [1.807, 2.05) is 25.1 Å². The molecule has 0 aliphatic heterocycles. The number of hydrogen-bond acceptors (Lipinski definition) is 5. The molecule has 2 aromatic rings. The van der Waals surface area contributed by atoms with Crippen molar-refractivity contribution < 1.29 is 34.1 Å². The van der Waals surface area contributed by atoms with Gasteiger partial charge in [-0.15, -0.1) is 0 Å². The largest absolute Gasteiger partial charge is 0.497 e. The summed E-state index contributed by atoms with van der Waals surface area (Å²) in [6.45, 7) is 1.93. The third kappa shape index (κ3) is 8.23. The Kier molecular flexibility index (Phi) is 8.80. The van der Waals surface area contributed by atoms with Crippen molar-refractivity contribution in [3.05, 3.63) is 52.5 Å². The maximum atomic E-state index is 11.8. The van der Waals surface area contributed by atoms with E-state index < -0.39 is 11.9 Å². The van der Waals surface area contributed by atoms with Crippen molar-refractivity contribution >= 4 is 39.5 Å². The Balaban J connectivity index is 0.000000527. The van der Waals surface area contributed by atoms with Crippen LogP contribution in [0.15, 0.2) is 46.9 Å². The van der Waals surface area contributed by atoms with Crippen LogP contribution in [0.1, 0.15) is 5.56 Å². The Hall–Kier alpha value is -3.07. The lowest BCUT2D eigenvalue weighted by molar-refractivity contribution is -0.159. The number of carbonyl (C=O) groups excluding carboxylic acids is 1. The van der Waals surface area contributed by atoms with Gasteiger partial charge in [0.25, 0.3) is 5.91 Å². The molecular weight excluding hydrogens is 422 g/mol. The molecule has 8 nitrogen and oxygen atoms in total. The Labute approximate surface area is 163 Å². The van der Waals surface area contributed by atoms with E-state index in [9.17, 15) is 4.79 Å². The van der Waals surface area contributed by atoms with Crippen LogP contribution in [-0.2, 0) is 14.4 Å². The third-order valence-electron chi connectivity index (χ3n) is 3.05. The number of benzene rings is 2. The molecule has 2 rings (SSSR count). The van der Waals surface area contributed by atoms with Gasteiger partial charge in [0, 0.05) is 10.2 Å². The van der Waals surface area contributed by atoms with E-state index in [4.69, 9.17) is 29.3 Å². The molecular formula is C18H18BrNO7. The highest BCUT2D eigenvalue weighted by Crippen LogP contribution is 2.20. The number of carboxylic acids is 2. The zero-order valence-electron chi connectivity index (χ0n) is 14.6. The molecule has 0 saturated heterocycles. The van der Waals surface area contributed by atoms with Gasteiger partial charge in [-0.2, -0.15) is 0 Å². The fourth-order valence-corrected chi connectivity index (χ4v) is 1.99. The van der Waals surface area contributed by atoms with Crippen LogP contribution in [0.4, 0.5) is 5.69 Å². The molecule has 9 heteroatoms. The molecule has 0 bridgehead atoms. The predicted octanol–water partition coefficient (Wildman–Crippen LogP) is 2.94. The smallest absolute Gasteiger partial charge is 0.414 e. The lowest BCUT2D eigenvalue weighted by Gasteiger charge is -2.09. The van der Waals surface area contributed by atoms with Crippen LogP contribution in [-0.4, -0.2) is 41.8 Å². The Bertz CT molecular complexity index is 794. The molecule has 0 unspecified atom stereocenters. The van der Waals surface area contributed by atoms with E-state index in [2.05, 4.69) is 21.2 Å². The molecule has 0 spiro atoms. The molecule has 0 atom stereocenters. The normalized spacial score (nSPS) is 9.44. The first-order valence-corrected chi connectivity index (χ1v) is 8.31. The van der Waals surface area contributed by atoms with Gasteiger partial charge in [0.05, 0.1) is 7.11 Å². The van der Waals surface area contributed by atoms with E-state index in [-0.39, 0.29) is 12.5 Å². The molecule has 0 aromatic heterocycles. The van der Waals surface area contributed by atoms with Crippen molar-refractivity contribution in [3.63, 3.8) is 0 Å². The topological polar surface area (TPSA) is 122 Å². The Morgan fingerprint density at radius 3 is 2.04 bits per heavy atom. The van der Waals surface area contributed by atoms with Gasteiger partial charge >= 0.3 is 11.9 Å². The molecule has 27 heavy (non-hydrogen) atoms. The van der Waals surface area contributed by atoms with Crippen LogP contribution in [0.5, 0.6) is 11.5 Å². The van der Waals surface area contributed by atoms with Crippen molar-refractivity contribution in [2.24, 2.45) is 0 Å². The van der Waals surface area contributed by atoms with Crippen LogP contribution in [0.25, 0.3) is 0 Å². The first kappa shape index (κ1) is 22.0. The van der Waals surface area contributed by atoms with Gasteiger partial charge in [-0.1, -0.05) is 15.9 Å². The SMILES string of the molecule is COc1ccc(OCC(=O)Nc2ccc(Br)c(C)c2)cc1.O=C(O)C(=O)O. The van der Waals surface area contributed by atoms with Gasteiger partial charge < -0.3 is 25.0 Å². The lowest BCUT2D eigenvalue weighted by Crippen LogP contribution is -2.20. The number of aliphatic carboxylic acids is 2. The van der Waals surface area contributed by atoms with Gasteiger partial charge in [-0.3, -0.25) is 4.79 Å². The summed E-state index contributed by atoms with van der Waals surface area (Å²) in [6, 6.07) is 12.7. The summed E-state index contributed by atoms with van der Waals surface area (Å²) in [7, 11) is 1.60. The van der Waals surface area contributed by atoms with E-state index >= 15 is 0 Å². The summed E-state index contributed by atoms with van der Waals surface area (Å²) >= 11 is 3.42. The second-order valence-electron chi connectivity index (χ2n) is 5.09. The molecule has 144 valence electrons. The molecule has 0 aliphatic rings. The van der Waals surface area contributed by atoms with Gasteiger partial charge in [-0.05, 0) is 55.0 Å². The number of halogens is 1. The second kappa shape index (κ2) is 10.8. The van der Waals surface area contributed by atoms with Gasteiger partial charge in [0.15, 0.2) is 6.61 Å². The number of ether oxygens (including phenoxy) is 2. The van der Waals surface area contributed by atoms with Crippen molar-refractivity contribution in [2.45, 2.75) is 6.92 Å². The maximum Gasteiger partial charge on any atom is 0.414 e. The average molecular weight is 440 g/mol. The minimum absolute atomic E-state index is 0.0402. The van der Waals surface area contributed by atoms with E-state index in [0.717, 1.165) is 21.5 Å². The maximum absolute atomic E-state index is 11.8. The van der Waals surface area contributed by atoms with E-state index in [1.54, 1.807) is 31.4 Å². The molecule has 1 amide bonds. The third-order valence-corrected chi connectivity index (χ3v) is 3.94. The first-order valence-electron chi connectivity index (χ1n) is 7.52. The highest BCUT2D eigenvalue weighted by atomic mass is 79.9. The molecule has 0 heterocycles. The standard InChI is InChI=1S/C16H16BrNO3.C2H2O4/c1-11-9-12(3-8-15(11)17)18-16(19)10-21-14-6-4-13(20-2)5-7-14;3-1(4)2(5)6/h3-9H,10H2,1-2H3,(H,18,19);(H,3,4)(H,5,6). The van der Waals surface area contributed by atoms with Crippen LogP contribution in [0.3, 0.4) is 0 Å². The average Bonchev–Trinajstić information content (AvgIpc) is 2.64. The van der Waals surface area contributed by atoms with Gasteiger partial charge in [0.2, 0.25) is 0 Å². The minimum Gasteiger partial charge on any atom is -0.497 e. The fourth-order valence-electron chi connectivity index (χ4n) is 1.74. The predicted molar refractivity (Wildman–Crippen MR) is 101 cm³/mol. The number of carbonyl (C=O) groups is 3. The number of carboxylic acid groups (broad SMARTS) is 2. The lowest BCUT2D eigenvalue weighted by atomic mass is 10.2. The molecule has 2 aromatic carbocycles. The highest BCUT2D eigenvalue weighted by Gasteiger charge is 2.05. The number of nitrogens with one attached hydrogen (secondary N) is 1. The molecule has 3 N–H and O–H groups in total. The van der Waals surface area contributed by atoms with Crippen molar-refractivity contribution in [1.82, 2.24) is 0 Å². The Morgan fingerprint density at radius 2 is 1.56 bits per heavy atom. The van der Waals surface area contributed by atoms with Crippen molar-refractivity contribution in [3.8, 4) is 11.5 Å². The van der Waals surface area contributed by atoms with Crippen molar-refractivity contribution in [1.29, 1.82) is 0 Å². The fraction of sp³-hybridized carbons (Fsp3) is 0.167.